The molecular weight excluding hydrogens is 486 g/mol. The van der Waals surface area contributed by atoms with Crippen LogP contribution in [0.2, 0.25) is 0 Å². The van der Waals surface area contributed by atoms with Crippen LogP contribution in [-0.4, -0.2) is 70.0 Å². The maximum Gasteiger partial charge on any atom is 0.138 e. The van der Waals surface area contributed by atoms with Crippen molar-refractivity contribution in [3.05, 3.63) is 59.0 Å². The number of allylic oxidation sites excluding steroid dienone is 2. The normalized spacial score (nSPS) is 18.5. The second-order valence-corrected chi connectivity index (χ2v) is 11.2. The number of pyridine rings is 2. The van der Waals surface area contributed by atoms with Crippen LogP contribution in [0.25, 0.3) is 39.5 Å². The number of aryl methyl sites for hydroxylation is 1. The van der Waals surface area contributed by atoms with Crippen molar-refractivity contribution in [1.29, 1.82) is 0 Å². The Kier molecular flexibility index (Phi) is 6.00. The van der Waals surface area contributed by atoms with Gasteiger partial charge in [-0.2, -0.15) is 5.10 Å². The molecule has 0 spiro atoms. The first kappa shape index (κ1) is 24.2. The summed E-state index contributed by atoms with van der Waals surface area (Å²) in [5.74, 6) is 2.28. The quantitative estimate of drug-likeness (QED) is 0.402. The van der Waals surface area contributed by atoms with Crippen molar-refractivity contribution >= 4 is 33.9 Å². The zero-order valence-corrected chi connectivity index (χ0v) is 22.9. The summed E-state index contributed by atoms with van der Waals surface area (Å²) >= 11 is 0. The molecule has 0 radical (unpaired) electrons. The van der Waals surface area contributed by atoms with Crippen LogP contribution < -0.4 is 20.2 Å². The highest BCUT2D eigenvalue weighted by molar-refractivity contribution is 5.95. The molecule has 8 nitrogen and oxygen atoms in total. The van der Waals surface area contributed by atoms with E-state index in [1.165, 1.54) is 41.0 Å². The number of rotatable bonds is 7. The van der Waals surface area contributed by atoms with Crippen LogP contribution >= 0.6 is 0 Å². The summed E-state index contributed by atoms with van der Waals surface area (Å²) in [6.45, 7) is 3.66. The lowest BCUT2D eigenvalue weighted by molar-refractivity contribution is 0.260. The first-order valence-electron chi connectivity index (χ1n) is 14.0. The summed E-state index contributed by atoms with van der Waals surface area (Å²) in [6, 6.07) is 6.46. The minimum absolute atomic E-state index is 0.374. The average Bonchev–Trinajstić information content (AvgIpc) is 3.51. The van der Waals surface area contributed by atoms with Gasteiger partial charge in [-0.25, -0.2) is 4.98 Å². The third-order valence-corrected chi connectivity index (χ3v) is 8.18. The largest absolute Gasteiger partial charge is 0.491 e. The molecule has 2 fully saturated rings. The van der Waals surface area contributed by atoms with E-state index in [1.807, 2.05) is 24.1 Å². The number of hydrogen-bond acceptors (Lipinski definition) is 6. The Balaban J connectivity index is 1.25. The summed E-state index contributed by atoms with van der Waals surface area (Å²) in [4.78, 5) is 17.5. The Morgan fingerprint density at radius 3 is 2.82 bits per heavy atom. The van der Waals surface area contributed by atoms with Crippen LogP contribution in [-0.2, 0) is 7.05 Å². The molecule has 7 rings (SSSR count). The van der Waals surface area contributed by atoms with E-state index in [0.717, 1.165) is 65.4 Å². The number of piperidine rings is 1. The van der Waals surface area contributed by atoms with Crippen molar-refractivity contribution in [1.82, 2.24) is 29.6 Å². The summed E-state index contributed by atoms with van der Waals surface area (Å²) in [6.07, 6.45) is 15.0. The average molecular weight is 522 g/mol. The third kappa shape index (κ3) is 4.42. The molecular formula is C31H35N7O. The topological polar surface area (TPSA) is 75.1 Å². The highest BCUT2D eigenvalue weighted by Gasteiger charge is 2.37. The standard InChI is InChI=1S/C31H35N7O/c1-36(2)13-14-39-21-15-20(18-32-19-21)22-7-8-28-29(24-16-23(22)24)30(35-37(28)3)27-17-25-26(34-27)9-10-33-31(25)38-11-5-4-6-12-38/h7-10,15,17-19,23,34H,4-6,11-14,16H2,1-3H3/t23-/m1/s1. The summed E-state index contributed by atoms with van der Waals surface area (Å²) in [5.41, 5.74) is 7.06. The fourth-order valence-corrected chi connectivity index (χ4v) is 6.08. The number of aromatic amines is 1. The van der Waals surface area contributed by atoms with Crippen molar-refractivity contribution < 1.29 is 4.74 Å². The molecule has 2 aliphatic carbocycles. The highest BCUT2D eigenvalue weighted by atomic mass is 16.5. The smallest absolute Gasteiger partial charge is 0.138 e. The fraction of sp³-hybridized carbons (Fsp3) is 0.387. The van der Waals surface area contributed by atoms with E-state index in [4.69, 9.17) is 14.8 Å². The molecule has 0 aromatic carbocycles. The van der Waals surface area contributed by atoms with Crippen LogP contribution in [0.1, 0.15) is 31.2 Å². The molecule has 1 N–H and O–H groups in total. The number of anilines is 1. The second kappa shape index (κ2) is 9.68. The SMILES string of the molecule is CN(C)CCOc1cncc(C2=CC=c3c(c(-c4cc5c(N6CCCCC6)nccc5[nH]4)nn3C)=C3C[C@H]23)c1. The third-order valence-electron chi connectivity index (χ3n) is 8.18. The van der Waals surface area contributed by atoms with Gasteiger partial charge in [0.15, 0.2) is 0 Å². The van der Waals surface area contributed by atoms with Crippen LogP contribution in [0.3, 0.4) is 0 Å². The Morgan fingerprint density at radius 1 is 1.10 bits per heavy atom. The molecule has 1 atom stereocenters. The van der Waals surface area contributed by atoms with Gasteiger partial charge >= 0.3 is 0 Å². The molecule has 3 aliphatic rings. The van der Waals surface area contributed by atoms with E-state index >= 15 is 0 Å². The molecule has 1 saturated heterocycles. The lowest BCUT2D eigenvalue weighted by Crippen LogP contribution is -2.30. The molecule has 39 heavy (non-hydrogen) atoms. The number of ether oxygens (including phenoxy) is 1. The zero-order chi connectivity index (χ0) is 26.5. The number of nitrogens with zero attached hydrogens (tertiary/aromatic N) is 6. The van der Waals surface area contributed by atoms with Gasteiger partial charge in [-0.1, -0.05) is 6.08 Å². The van der Waals surface area contributed by atoms with Gasteiger partial charge in [0.05, 0.1) is 22.8 Å². The Morgan fingerprint density at radius 2 is 1.97 bits per heavy atom. The Hall–Kier alpha value is -3.91. The van der Waals surface area contributed by atoms with E-state index in [2.05, 4.69) is 64.2 Å². The molecule has 1 saturated carbocycles. The Labute approximate surface area is 228 Å². The van der Waals surface area contributed by atoms with Crippen molar-refractivity contribution in [2.75, 3.05) is 45.2 Å². The summed E-state index contributed by atoms with van der Waals surface area (Å²) < 4.78 is 7.99. The van der Waals surface area contributed by atoms with Crippen molar-refractivity contribution in [3.8, 4) is 17.1 Å². The molecule has 8 heteroatoms. The van der Waals surface area contributed by atoms with Crippen LogP contribution in [0.15, 0.2) is 42.9 Å². The molecule has 4 aromatic rings. The highest BCUT2D eigenvalue weighted by Crippen LogP contribution is 2.49. The van der Waals surface area contributed by atoms with Crippen molar-refractivity contribution in [2.45, 2.75) is 25.7 Å². The van der Waals surface area contributed by atoms with Gasteiger partial charge in [-0.05, 0) is 75.2 Å². The lowest BCUT2D eigenvalue weighted by atomic mass is 10.0. The number of fused-ring (bicyclic) bond motifs is 3. The van der Waals surface area contributed by atoms with E-state index < -0.39 is 0 Å². The van der Waals surface area contributed by atoms with Crippen LogP contribution in [0.5, 0.6) is 5.75 Å². The van der Waals surface area contributed by atoms with E-state index in [0.29, 0.717) is 12.5 Å². The molecule has 0 unspecified atom stereocenters. The van der Waals surface area contributed by atoms with Crippen LogP contribution in [0.4, 0.5) is 5.82 Å². The van der Waals surface area contributed by atoms with E-state index in [-0.39, 0.29) is 0 Å². The fourth-order valence-electron chi connectivity index (χ4n) is 6.08. The van der Waals surface area contributed by atoms with E-state index in [9.17, 15) is 0 Å². The maximum atomic E-state index is 5.98. The van der Waals surface area contributed by atoms with Gasteiger partial charge in [-0.3, -0.25) is 9.67 Å². The minimum Gasteiger partial charge on any atom is -0.491 e. The first-order valence-corrected chi connectivity index (χ1v) is 14.0. The van der Waals surface area contributed by atoms with Crippen molar-refractivity contribution in [2.24, 2.45) is 13.0 Å². The van der Waals surface area contributed by atoms with E-state index in [1.54, 1.807) is 6.20 Å². The molecule has 5 heterocycles. The molecule has 0 amide bonds. The number of hydrogen-bond donors (Lipinski definition) is 1. The van der Waals surface area contributed by atoms with Crippen LogP contribution in [0, 0.1) is 5.92 Å². The van der Waals surface area contributed by atoms with Gasteiger partial charge in [0.25, 0.3) is 0 Å². The number of nitrogens with one attached hydrogen (secondary N) is 1. The number of H-pyrrole nitrogens is 1. The molecule has 4 aromatic heterocycles. The summed E-state index contributed by atoms with van der Waals surface area (Å²) in [5, 5.41) is 8.61. The minimum atomic E-state index is 0.374. The van der Waals surface area contributed by atoms with Gasteiger partial charge in [-0.15, -0.1) is 0 Å². The van der Waals surface area contributed by atoms with Gasteiger partial charge in [0, 0.05) is 61.2 Å². The van der Waals surface area contributed by atoms with Gasteiger partial charge in [0.2, 0.25) is 0 Å². The van der Waals surface area contributed by atoms with Gasteiger partial charge < -0.3 is 19.5 Å². The second-order valence-electron chi connectivity index (χ2n) is 11.2. The molecule has 0 bridgehead atoms. The molecule has 1 aliphatic heterocycles. The number of aromatic nitrogens is 5. The monoisotopic (exact) mass is 521 g/mol. The molecule has 200 valence electrons. The zero-order valence-electron chi connectivity index (χ0n) is 22.9. The van der Waals surface area contributed by atoms with Crippen molar-refractivity contribution in [3.63, 3.8) is 0 Å². The van der Waals surface area contributed by atoms with Gasteiger partial charge in [0.1, 0.15) is 23.9 Å². The lowest BCUT2D eigenvalue weighted by Gasteiger charge is -2.28. The summed E-state index contributed by atoms with van der Waals surface area (Å²) in [7, 11) is 6.14. The predicted molar refractivity (Wildman–Crippen MR) is 156 cm³/mol. The predicted octanol–water partition coefficient (Wildman–Crippen LogP) is 3.34. The maximum absolute atomic E-state index is 5.98. The number of likely N-dealkylation sites (N-methyl/N-ethyl adjacent to an activating group) is 1. The first-order chi connectivity index (χ1) is 19.1. The Bertz CT molecular complexity index is 1700.